The van der Waals surface area contributed by atoms with Crippen molar-refractivity contribution < 1.29 is 40.3 Å². The second kappa shape index (κ2) is 8.94. The van der Waals surface area contributed by atoms with Crippen LogP contribution >= 0.6 is 0 Å². The summed E-state index contributed by atoms with van der Waals surface area (Å²) in [5.41, 5.74) is -1.68. The van der Waals surface area contributed by atoms with Gasteiger partial charge < -0.3 is 5.11 Å². The number of carbonyl (C=O) groups excluding carboxylic acids is 1. The lowest BCUT2D eigenvalue weighted by molar-refractivity contribution is -0.362. The normalized spacial score (nSPS) is 33.5. The molecule has 0 bridgehead atoms. The molecular weight excluding hydrogens is 541 g/mol. The van der Waals surface area contributed by atoms with Gasteiger partial charge in [-0.05, 0) is 85.3 Å². The van der Waals surface area contributed by atoms with Crippen LogP contribution in [0, 0.1) is 17.3 Å². The van der Waals surface area contributed by atoms with Crippen molar-refractivity contribution in [2.45, 2.75) is 80.4 Å². The summed E-state index contributed by atoms with van der Waals surface area (Å²) in [7, 11) is -0.956. The molecule has 2 unspecified atom stereocenters. The summed E-state index contributed by atoms with van der Waals surface area (Å²) in [5.74, 6) is -6.85. The minimum absolute atomic E-state index is 0.00306. The van der Waals surface area contributed by atoms with Gasteiger partial charge in [0.15, 0.2) is 5.78 Å². The molecule has 2 fully saturated rings. The molecule has 1 N–H and O–H groups in total. The lowest BCUT2D eigenvalue weighted by Crippen LogP contribution is -2.65. The van der Waals surface area contributed by atoms with E-state index >= 15 is 8.78 Å². The first-order valence-corrected chi connectivity index (χ1v) is 14.6. The van der Waals surface area contributed by atoms with Gasteiger partial charge in [-0.3, -0.25) is 4.79 Å². The van der Waals surface area contributed by atoms with Gasteiger partial charge in [-0.15, -0.1) is 0 Å². The van der Waals surface area contributed by atoms with E-state index in [-0.39, 0.29) is 29.4 Å². The third-order valence-corrected chi connectivity index (χ3v) is 11.7. The number of benzene rings is 1. The van der Waals surface area contributed by atoms with E-state index in [2.05, 4.69) is 0 Å². The summed E-state index contributed by atoms with van der Waals surface area (Å²) in [5, 5.41) is 11.3. The largest absolute Gasteiger partial charge is 0.456 e. The molecule has 1 aromatic carbocycles. The zero-order valence-electron chi connectivity index (χ0n) is 22.0. The predicted octanol–water partition coefficient (Wildman–Crippen LogP) is 5.77. The fourth-order valence-corrected chi connectivity index (χ4v) is 8.70. The standard InChI is InChI=1S/C28H32F5NO4S/c1-25-15-22(16-4-8-19(9-5-16)39(37,38)34(2)3)24-20-11-7-18(35)14-17(20)6-10-21(24)23(25)12-13-26(25,36)27(29,30)28(31,32)33/h4-5,8-9,14,21-23,36H,6-7,10-13,15H2,1-3H3/t21?,22-,23?,25+,26+/m1/s1. The lowest BCUT2D eigenvalue weighted by atomic mass is 9.50. The average Bonchev–Trinajstić information content (AvgIpc) is 3.14. The average molecular weight is 574 g/mol. The minimum Gasteiger partial charge on any atom is -0.383 e. The first-order chi connectivity index (χ1) is 18.0. The van der Waals surface area contributed by atoms with Crippen molar-refractivity contribution in [2.75, 3.05) is 14.1 Å². The number of fused-ring (bicyclic) bond motifs is 4. The van der Waals surface area contributed by atoms with Gasteiger partial charge in [0.2, 0.25) is 10.0 Å². The Morgan fingerprint density at radius 2 is 1.64 bits per heavy atom. The van der Waals surface area contributed by atoms with Crippen molar-refractivity contribution in [1.82, 2.24) is 4.31 Å². The van der Waals surface area contributed by atoms with E-state index in [1.165, 1.54) is 33.2 Å². The Morgan fingerprint density at radius 1 is 1.00 bits per heavy atom. The lowest BCUT2D eigenvalue weighted by Gasteiger charge is -2.56. The zero-order valence-corrected chi connectivity index (χ0v) is 22.8. The van der Waals surface area contributed by atoms with Crippen LogP contribution in [-0.2, 0) is 14.8 Å². The predicted molar refractivity (Wildman–Crippen MR) is 134 cm³/mol. The third-order valence-electron chi connectivity index (χ3n) is 9.82. The van der Waals surface area contributed by atoms with E-state index < -0.39 is 51.4 Å². The van der Waals surface area contributed by atoms with Gasteiger partial charge in [0.05, 0.1) is 4.90 Å². The van der Waals surface area contributed by atoms with Crippen molar-refractivity contribution in [3.63, 3.8) is 0 Å². The van der Waals surface area contributed by atoms with Crippen LogP contribution in [0.25, 0.3) is 0 Å². The molecule has 4 aliphatic carbocycles. The Labute approximate surface area is 224 Å². The second-order valence-electron chi connectivity index (χ2n) is 11.8. The Balaban J connectivity index is 1.68. The van der Waals surface area contributed by atoms with Gasteiger partial charge in [-0.2, -0.15) is 22.0 Å². The summed E-state index contributed by atoms with van der Waals surface area (Å²) < 4.78 is 97.4. The summed E-state index contributed by atoms with van der Waals surface area (Å²) in [4.78, 5) is 12.2. The number of ketones is 1. The number of aliphatic hydroxyl groups is 1. The van der Waals surface area contributed by atoms with Crippen molar-refractivity contribution in [3.8, 4) is 0 Å². The summed E-state index contributed by atoms with van der Waals surface area (Å²) in [6.07, 6.45) is -3.34. The van der Waals surface area contributed by atoms with Crippen LogP contribution in [0.3, 0.4) is 0 Å². The SMILES string of the molecule is CN(C)S(=O)(=O)c1ccc([C@H]2C[C@@]3(C)C(CC[C@@]3(O)C(F)(F)C(F)(F)F)C3CCC4=CC(=O)CCC4=C32)cc1. The van der Waals surface area contributed by atoms with Crippen molar-refractivity contribution in [1.29, 1.82) is 0 Å². The number of nitrogens with zero attached hydrogens (tertiary/aromatic N) is 1. The van der Waals surface area contributed by atoms with Crippen LogP contribution in [0.15, 0.2) is 52.0 Å². The number of rotatable bonds is 4. The van der Waals surface area contributed by atoms with E-state index in [4.69, 9.17) is 0 Å². The smallest absolute Gasteiger partial charge is 0.383 e. The molecule has 39 heavy (non-hydrogen) atoms. The molecule has 0 spiro atoms. The van der Waals surface area contributed by atoms with Gasteiger partial charge in [0.1, 0.15) is 5.60 Å². The highest BCUT2D eigenvalue weighted by Gasteiger charge is 2.79. The Hall–Kier alpha value is -2.11. The third kappa shape index (κ3) is 3.97. The van der Waals surface area contributed by atoms with E-state index in [9.17, 15) is 31.5 Å². The van der Waals surface area contributed by atoms with Crippen LogP contribution in [0.4, 0.5) is 22.0 Å². The number of alkyl halides is 5. The molecule has 0 aromatic heterocycles. The Kier molecular flexibility index (Phi) is 6.52. The molecule has 4 aliphatic rings. The quantitative estimate of drug-likeness (QED) is 0.465. The maximum absolute atomic E-state index is 15.1. The number of hydrogen-bond acceptors (Lipinski definition) is 4. The van der Waals surface area contributed by atoms with E-state index in [1.54, 1.807) is 18.2 Å². The number of sulfonamides is 1. The van der Waals surface area contributed by atoms with E-state index in [0.717, 1.165) is 21.0 Å². The first-order valence-electron chi connectivity index (χ1n) is 13.1. The number of allylic oxidation sites excluding steroid dienone is 4. The van der Waals surface area contributed by atoms with Crippen LogP contribution in [-0.4, -0.2) is 55.4 Å². The maximum Gasteiger partial charge on any atom is 0.456 e. The Bertz CT molecular complexity index is 1360. The zero-order chi connectivity index (χ0) is 28.8. The summed E-state index contributed by atoms with van der Waals surface area (Å²) in [6, 6.07) is 5.98. The molecule has 0 heterocycles. The van der Waals surface area contributed by atoms with Crippen LogP contribution in [0.2, 0.25) is 0 Å². The van der Waals surface area contributed by atoms with Crippen molar-refractivity contribution in [2.24, 2.45) is 17.3 Å². The van der Waals surface area contributed by atoms with Crippen LogP contribution in [0.1, 0.15) is 63.4 Å². The monoisotopic (exact) mass is 573 g/mol. The van der Waals surface area contributed by atoms with Crippen LogP contribution < -0.4 is 0 Å². The molecule has 5 rings (SSSR count). The molecule has 214 valence electrons. The Morgan fingerprint density at radius 3 is 2.23 bits per heavy atom. The fourth-order valence-electron chi connectivity index (χ4n) is 7.80. The number of carbonyl (C=O) groups is 1. The van der Waals surface area contributed by atoms with E-state index in [0.29, 0.717) is 31.2 Å². The molecule has 11 heteroatoms. The molecular formula is C28H32F5NO4S. The van der Waals surface area contributed by atoms with Crippen LogP contribution in [0.5, 0.6) is 0 Å². The van der Waals surface area contributed by atoms with Gasteiger partial charge in [0, 0.05) is 31.8 Å². The van der Waals surface area contributed by atoms with Gasteiger partial charge in [-0.1, -0.05) is 24.6 Å². The van der Waals surface area contributed by atoms with Crippen molar-refractivity contribution >= 4 is 15.8 Å². The van der Waals surface area contributed by atoms with Crippen molar-refractivity contribution in [3.05, 3.63) is 52.6 Å². The number of halogens is 5. The minimum atomic E-state index is -5.91. The second-order valence-corrected chi connectivity index (χ2v) is 14.0. The maximum atomic E-state index is 15.1. The molecule has 5 atom stereocenters. The molecule has 2 saturated carbocycles. The highest BCUT2D eigenvalue weighted by atomic mass is 32.2. The molecule has 1 aromatic rings. The molecule has 0 amide bonds. The topological polar surface area (TPSA) is 74.7 Å². The van der Waals surface area contributed by atoms with Gasteiger partial charge >= 0.3 is 12.1 Å². The molecule has 0 saturated heterocycles. The summed E-state index contributed by atoms with van der Waals surface area (Å²) >= 11 is 0. The molecule has 5 nitrogen and oxygen atoms in total. The highest BCUT2D eigenvalue weighted by molar-refractivity contribution is 7.89. The highest BCUT2D eigenvalue weighted by Crippen LogP contribution is 2.70. The summed E-state index contributed by atoms with van der Waals surface area (Å²) in [6.45, 7) is 1.36. The van der Waals surface area contributed by atoms with E-state index in [1.807, 2.05) is 0 Å². The fraction of sp³-hybridized carbons (Fsp3) is 0.607. The van der Waals surface area contributed by atoms with Gasteiger partial charge in [0.25, 0.3) is 0 Å². The first kappa shape index (κ1) is 28.4. The number of hydrogen-bond donors (Lipinski definition) is 1. The molecule has 0 aliphatic heterocycles. The molecule has 0 radical (unpaired) electrons. The van der Waals surface area contributed by atoms with Gasteiger partial charge in [-0.25, -0.2) is 12.7 Å².